The van der Waals surface area contributed by atoms with Gasteiger partial charge in [-0.1, -0.05) is 23.7 Å². The highest BCUT2D eigenvalue weighted by Gasteiger charge is 2.28. The number of hydrogen-bond donors (Lipinski definition) is 0. The normalized spacial score (nSPS) is 16.9. The van der Waals surface area contributed by atoms with Crippen LogP contribution in [0.25, 0.3) is 0 Å². The first-order valence-electron chi connectivity index (χ1n) is 7.20. The summed E-state index contributed by atoms with van der Waals surface area (Å²) < 4.78 is 6.51. The molecule has 21 heavy (non-hydrogen) atoms. The number of hydrogen-bond acceptors (Lipinski definition) is 2. The molecular formula is C16H21ClINO2. The molecule has 1 fully saturated rings. The largest absolute Gasteiger partial charge is 0.444 e. The lowest BCUT2D eigenvalue weighted by atomic mass is 9.89. The van der Waals surface area contributed by atoms with Crippen LogP contribution in [0.15, 0.2) is 18.2 Å². The fourth-order valence-electron chi connectivity index (χ4n) is 2.54. The zero-order chi connectivity index (χ0) is 15.6. The van der Waals surface area contributed by atoms with Crippen LogP contribution in [-0.2, 0) is 4.74 Å². The van der Waals surface area contributed by atoms with Gasteiger partial charge in [-0.3, -0.25) is 0 Å². The van der Waals surface area contributed by atoms with E-state index in [9.17, 15) is 4.79 Å². The van der Waals surface area contributed by atoms with Crippen LogP contribution >= 0.6 is 34.2 Å². The number of piperidine rings is 1. The van der Waals surface area contributed by atoms with E-state index in [1.807, 2.05) is 32.9 Å². The van der Waals surface area contributed by atoms with Gasteiger partial charge in [0.05, 0.1) is 5.02 Å². The van der Waals surface area contributed by atoms with Crippen molar-refractivity contribution in [2.75, 3.05) is 13.1 Å². The van der Waals surface area contributed by atoms with Crippen molar-refractivity contribution in [3.05, 3.63) is 32.4 Å². The third-order valence-corrected chi connectivity index (χ3v) is 5.21. The first-order valence-corrected chi connectivity index (χ1v) is 8.65. The predicted octanol–water partition coefficient (Wildman–Crippen LogP) is 5.06. The molecule has 3 nitrogen and oxygen atoms in total. The summed E-state index contributed by atoms with van der Waals surface area (Å²) in [5, 5.41) is 0.855. The number of likely N-dealkylation sites (tertiary alicyclic amines) is 1. The highest BCUT2D eigenvalue weighted by atomic mass is 127. The SMILES string of the molecule is CC(C)(C)OC(=O)N1CCC(c2cccc(I)c2Cl)CC1. The molecule has 0 N–H and O–H groups in total. The fourth-order valence-corrected chi connectivity index (χ4v) is 3.33. The monoisotopic (exact) mass is 421 g/mol. The molecule has 1 aliphatic heterocycles. The van der Waals surface area contributed by atoms with Gasteiger partial charge in [-0.2, -0.15) is 0 Å². The maximum atomic E-state index is 12.1. The quantitative estimate of drug-likeness (QED) is 0.593. The Hall–Kier alpha value is -0.490. The van der Waals surface area contributed by atoms with E-state index in [1.54, 1.807) is 4.90 Å². The molecule has 116 valence electrons. The van der Waals surface area contributed by atoms with Gasteiger partial charge < -0.3 is 9.64 Å². The van der Waals surface area contributed by atoms with Crippen LogP contribution in [0.5, 0.6) is 0 Å². The van der Waals surface area contributed by atoms with Crippen molar-refractivity contribution in [1.82, 2.24) is 4.90 Å². The minimum Gasteiger partial charge on any atom is -0.444 e. The van der Waals surface area contributed by atoms with E-state index in [2.05, 4.69) is 28.7 Å². The molecule has 0 atom stereocenters. The molecule has 1 aliphatic rings. The van der Waals surface area contributed by atoms with Gasteiger partial charge in [-0.05, 0) is 73.8 Å². The minimum absolute atomic E-state index is 0.213. The molecule has 1 amide bonds. The Morgan fingerprint density at radius 3 is 2.52 bits per heavy atom. The average Bonchev–Trinajstić information content (AvgIpc) is 2.40. The van der Waals surface area contributed by atoms with Crippen molar-refractivity contribution in [3.8, 4) is 0 Å². The average molecular weight is 422 g/mol. The van der Waals surface area contributed by atoms with Crippen molar-refractivity contribution < 1.29 is 9.53 Å². The summed E-state index contributed by atoms with van der Waals surface area (Å²) in [6, 6.07) is 6.16. The molecule has 0 saturated carbocycles. The summed E-state index contributed by atoms with van der Waals surface area (Å²) in [6.45, 7) is 7.12. The highest BCUT2D eigenvalue weighted by molar-refractivity contribution is 14.1. The molecule has 1 saturated heterocycles. The van der Waals surface area contributed by atoms with Crippen LogP contribution in [0.3, 0.4) is 0 Å². The van der Waals surface area contributed by atoms with E-state index < -0.39 is 5.60 Å². The molecule has 2 rings (SSSR count). The summed E-state index contributed by atoms with van der Waals surface area (Å²) in [7, 11) is 0. The van der Waals surface area contributed by atoms with Crippen LogP contribution in [-0.4, -0.2) is 29.7 Å². The molecule has 5 heteroatoms. The van der Waals surface area contributed by atoms with E-state index in [-0.39, 0.29) is 6.09 Å². The highest BCUT2D eigenvalue weighted by Crippen LogP contribution is 2.35. The summed E-state index contributed by atoms with van der Waals surface area (Å²) in [5.41, 5.74) is 0.764. The Balaban J connectivity index is 1.97. The van der Waals surface area contributed by atoms with Crippen molar-refractivity contribution in [2.45, 2.75) is 45.1 Å². The molecule has 1 heterocycles. The molecule has 0 radical (unpaired) electrons. The second-order valence-corrected chi connectivity index (χ2v) is 7.92. The lowest BCUT2D eigenvalue weighted by molar-refractivity contribution is 0.0205. The maximum absolute atomic E-state index is 12.1. The molecule has 1 aromatic rings. The molecule has 1 aromatic carbocycles. The summed E-state index contributed by atoms with van der Waals surface area (Å²) in [6.07, 6.45) is 1.65. The number of ether oxygens (including phenoxy) is 1. The van der Waals surface area contributed by atoms with Gasteiger partial charge in [-0.15, -0.1) is 0 Å². The van der Waals surface area contributed by atoms with Gasteiger partial charge in [0.2, 0.25) is 0 Å². The van der Waals surface area contributed by atoms with Crippen LogP contribution in [0.4, 0.5) is 4.79 Å². The first-order chi connectivity index (χ1) is 9.78. The van der Waals surface area contributed by atoms with E-state index in [0.717, 1.165) is 34.5 Å². The van der Waals surface area contributed by atoms with Gasteiger partial charge in [-0.25, -0.2) is 4.79 Å². The number of benzene rings is 1. The number of halogens is 2. The molecular weight excluding hydrogens is 401 g/mol. The van der Waals surface area contributed by atoms with Crippen molar-refractivity contribution in [3.63, 3.8) is 0 Å². The zero-order valence-corrected chi connectivity index (χ0v) is 15.6. The number of carbonyl (C=O) groups excluding carboxylic acids is 1. The Labute approximate surface area is 145 Å². The van der Waals surface area contributed by atoms with Gasteiger partial charge in [0, 0.05) is 16.7 Å². The van der Waals surface area contributed by atoms with Crippen molar-refractivity contribution in [2.24, 2.45) is 0 Å². The third-order valence-electron chi connectivity index (χ3n) is 3.57. The molecule has 0 bridgehead atoms. The number of amides is 1. The lowest BCUT2D eigenvalue weighted by Crippen LogP contribution is -2.41. The molecule has 0 aliphatic carbocycles. The van der Waals surface area contributed by atoms with E-state index in [4.69, 9.17) is 16.3 Å². The lowest BCUT2D eigenvalue weighted by Gasteiger charge is -2.34. The minimum atomic E-state index is -0.438. The van der Waals surface area contributed by atoms with Crippen LogP contribution in [0.1, 0.15) is 45.1 Å². The Morgan fingerprint density at radius 2 is 1.95 bits per heavy atom. The predicted molar refractivity (Wildman–Crippen MR) is 94.0 cm³/mol. The molecule has 0 aromatic heterocycles. The second kappa shape index (κ2) is 6.73. The summed E-state index contributed by atoms with van der Waals surface area (Å²) in [4.78, 5) is 13.8. The van der Waals surface area contributed by atoms with E-state index in [0.29, 0.717) is 5.92 Å². The van der Waals surface area contributed by atoms with Crippen LogP contribution in [0.2, 0.25) is 5.02 Å². The van der Waals surface area contributed by atoms with Gasteiger partial charge in [0.1, 0.15) is 5.60 Å². The number of rotatable bonds is 1. The van der Waals surface area contributed by atoms with Crippen LogP contribution < -0.4 is 0 Å². The van der Waals surface area contributed by atoms with Gasteiger partial charge in [0.15, 0.2) is 0 Å². The summed E-state index contributed by atoms with van der Waals surface area (Å²) >= 11 is 8.66. The third kappa shape index (κ3) is 4.49. The zero-order valence-electron chi connectivity index (χ0n) is 12.7. The van der Waals surface area contributed by atoms with Gasteiger partial charge >= 0.3 is 6.09 Å². The molecule has 0 spiro atoms. The summed E-state index contributed by atoms with van der Waals surface area (Å²) in [5.74, 6) is 0.422. The topological polar surface area (TPSA) is 29.5 Å². The van der Waals surface area contributed by atoms with Crippen LogP contribution in [0, 0.1) is 3.57 Å². The Bertz CT molecular complexity index is 519. The smallest absolute Gasteiger partial charge is 0.410 e. The van der Waals surface area contributed by atoms with E-state index in [1.165, 1.54) is 5.56 Å². The van der Waals surface area contributed by atoms with Crippen molar-refractivity contribution in [1.29, 1.82) is 0 Å². The van der Waals surface area contributed by atoms with Gasteiger partial charge in [0.25, 0.3) is 0 Å². The number of nitrogens with zero attached hydrogens (tertiary/aromatic N) is 1. The fraction of sp³-hybridized carbons (Fsp3) is 0.562. The first kappa shape index (κ1) is 16.9. The van der Waals surface area contributed by atoms with Crippen molar-refractivity contribution >= 4 is 40.3 Å². The second-order valence-electron chi connectivity index (χ2n) is 6.38. The standard InChI is InChI=1S/C16H21ClINO2/c1-16(2,3)21-15(20)19-9-7-11(8-10-19)12-5-4-6-13(18)14(12)17/h4-6,11H,7-10H2,1-3H3. The Morgan fingerprint density at radius 1 is 1.33 bits per heavy atom. The van der Waals surface area contributed by atoms with E-state index >= 15 is 0 Å². The Kier molecular flexibility index (Phi) is 5.41. The maximum Gasteiger partial charge on any atom is 0.410 e. The number of carbonyl (C=O) groups is 1. The molecule has 0 unspecified atom stereocenters.